The van der Waals surface area contributed by atoms with Gasteiger partial charge in [-0.2, -0.15) is 0 Å². The fraction of sp³-hybridized carbons (Fsp3) is 0.409. The highest BCUT2D eigenvalue weighted by molar-refractivity contribution is 6.35. The summed E-state index contributed by atoms with van der Waals surface area (Å²) in [7, 11) is 0. The molecule has 26 heavy (non-hydrogen) atoms. The highest BCUT2D eigenvalue weighted by Crippen LogP contribution is 2.37. The zero-order valence-corrected chi connectivity index (χ0v) is 15.4. The monoisotopic (exact) mass is 350 g/mol. The number of nitrogens with one attached hydrogen (secondary N) is 1. The molecule has 4 nitrogen and oxygen atoms in total. The Morgan fingerprint density at radius 3 is 2.92 bits per heavy atom. The lowest BCUT2D eigenvalue weighted by molar-refractivity contribution is -0.110. The first-order valence-electron chi connectivity index (χ1n) is 9.73. The molecule has 0 spiro atoms. The molecule has 0 fully saturated rings. The number of fused-ring (bicyclic) bond motifs is 2. The van der Waals surface area contributed by atoms with Crippen molar-refractivity contribution in [1.29, 1.82) is 0 Å². The number of hydrogen-bond acceptors (Lipinski definition) is 3. The number of furan rings is 1. The summed E-state index contributed by atoms with van der Waals surface area (Å²) in [5, 5.41) is 2.92. The predicted octanol–water partition coefficient (Wildman–Crippen LogP) is 4.97. The fourth-order valence-corrected chi connectivity index (χ4v) is 4.08. The maximum atomic E-state index is 12.5. The quantitative estimate of drug-likeness (QED) is 0.455. The first-order valence-corrected chi connectivity index (χ1v) is 9.73. The zero-order chi connectivity index (χ0) is 18.1. The standard InChI is InChI=1S/C22H26N2O2/c1-2-3-4-7-16-15-8-5-6-9-20(15)26-21(16)13-18-17-12-14(23)10-11-19(17)24-22(18)25/h10-13H,2-9,23H2,1H3,(H,24,25). The van der Waals surface area contributed by atoms with E-state index in [0.29, 0.717) is 11.3 Å². The predicted molar refractivity (Wildman–Crippen MR) is 106 cm³/mol. The molecule has 0 saturated carbocycles. The van der Waals surface area contributed by atoms with Crippen molar-refractivity contribution >= 4 is 28.9 Å². The summed E-state index contributed by atoms with van der Waals surface area (Å²) in [6, 6.07) is 5.53. The molecule has 2 aromatic rings. The second kappa shape index (κ2) is 7.02. The van der Waals surface area contributed by atoms with Crippen molar-refractivity contribution in [3.63, 3.8) is 0 Å². The van der Waals surface area contributed by atoms with Gasteiger partial charge in [0.15, 0.2) is 0 Å². The van der Waals surface area contributed by atoms with Crippen LogP contribution in [-0.4, -0.2) is 5.91 Å². The number of amides is 1. The third kappa shape index (κ3) is 3.05. The molecule has 136 valence electrons. The number of anilines is 2. The second-order valence-corrected chi connectivity index (χ2v) is 7.33. The van der Waals surface area contributed by atoms with Crippen molar-refractivity contribution in [1.82, 2.24) is 0 Å². The van der Waals surface area contributed by atoms with Gasteiger partial charge in [-0.05, 0) is 61.9 Å². The van der Waals surface area contributed by atoms with Crippen molar-refractivity contribution in [3.05, 3.63) is 46.4 Å². The molecule has 0 saturated heterocycles. The van der Waals surface area contributed by atoms with Gasteiger partial charge in [0.05, 0.1) is 5.57 Å². The Morgan fingerprint density at radius 1 is 1.23 bits per heavy atom. The number of nitrogen functional groups attached to an aromatic ring is 1. The molecule has 0 radical (unpaired) electrons. The molecule has 1 aliphatic heterocycles. The van der Waals surface area contributed by atoms with Crippen LogP contribution in [0.1, 0.15) is 67.2 Å². The van der Waals surface area contributed by atoms with Gasteiger partial charge < -0.3 is 15.5 Å². The van der Waals surface area contributed by atoms with Crippen LogP contribution in [0.25, 0.3) is 11.6 Å². The summed E-state index contributed by atoms with van der Waals surface area (Å²) in [4.78, 5) is 12.5. The van der Waals surface area contributed by atoms with Crippen LogP contribution in [0.15, 0.2) is 22.6 Å². The number of unbranched alkanes of at least 4 members (excludes halogenated alkanes) is 2. The number of rotatable bonds is 5. The average molecular weight is 350 g/mol. The molecule has 2 aliphatic rings. The molecule has 4 heteroatoms. The maximum Gasteiger partial charge on any atom is 0.256 e. The van der Waals surface area contributed by atoms with Crippen LogP contribution in [-0.2, 0) is 24.1 Å². The lowest BCUT2D eigenvalue weighted by Crippen LogP contribution is -2.04. The van der Waals surface area contributed by atoms with Crippen LogP contribution >= 0.6 is 0 Å². The SMILES string of the molecule is CCCCCc1c(C=C2C(=O)Nc3ccc(N)cc32)oc2c1CCCC2. The lowest BCUT2D eigenvalue weighted by Gasteiger charge is -2.10. The van der Waals surface area contributed by atoms with E-state index in [1.54, 1.807) is 0 Å². The van der Waals surface area contributed by atoms with E-state index in [-0.39, 0.29) is 5.91 Å². The van der Waals surface area contributed by atoms with E-state index in [0.717, 1.165) is 48.5 Å². The van der Waals surface area contributed by atoms with E-state index in [4.69, 9.17) is 10.2 Å². The molecule has 1 aromatic carbocycles. The maximum absolute atomic E-state index is 12.5. The van der Waals surface area contributed by atoms with Crippen LogP contribution in [0.5, 0.6) is 0 Å². The fourth-order valence-electron chi connectivity index (χ4n) is 4.08. The number of hydrogen-bond donors (Lipinski definition) is 2. The topological polar surface area (TPSA) is 68.3 Å². The van der Waals surface area contributed by atoms with Crippen LogP contribution in [0, 0.1) is 0 Å². The Balaban J connectivity index is 1.76. The third-order valence-corrected chi connectivity index (χ3v) is 5.44. The minimum atomic E-state index is -0.0838. The summed E-state index contributed by atoms with van der Waals surface area (Å²) in [6.45, 7) is 2.22. The Labute approximate surface area is 154 Å². The summed E-state index contributed by atoms with van der Waals surface area (Å²) < 4.78 is 6.24. The smallest absolute Gasteiger partial charge is 0.256 e. The Kier molecular flexibility index (Phi) is 4.58. The number of nitrogens with two attached hydrogens (primary N) is 1. The van der Waals surface area contributed by atoms with Crippen molar-refractivity contribution < 1.29 is 9.21 Å². The lowest BCUT2D eigenvalue weighted by atomic mass is 9.92. The molecule has 0 atom stereocenters. The van der Waals surface area contributed by atoms with Crippen molar-refractivity contribution in [2.45, 2.75) is 58.3 Å². The van der Waals surface area contributed by atoms with Gasteiger partial charge in [0.2, 0.25) is 0 Å². The molecule has 2 heterocycles. The largest absolute Gasteiger partial charge is 0.461 e. The summed E-state index contributed by atoms with van der Waals surface area (Å²) in [5.74, 6) is 1.91. The van der Waals surface area contributed by atoms with Gasteiger partial charge in [-0.15, -0.1) is 0 Å². The van der Waals surface area contributed by atoms with Gasteiger partial charge in [-0.3, -0.25) is 4.79 Å². The van der Waals surface area contributed by atoms with Crippen LogP contribution in [0.2, 0.25) is 0 Å². The van der Waals surface area contributed by atoms with Crippen LogP contribution < -0.4 is 11.1 Å². The number of carbonyl (C=O) groups excluding carboxylic acids is 1. The number of benzene rings is 1. The molecular formula is C22H26N2O2. The Bertz CT molecular complexity index is 877. The highest BCUT2D eigenvalue weighted by atomic mass is 16.3. The molecule has 1 aliphatic carbocycles. The van der Waals surface area contributed by atoms with E-state index in [9.17, 15) is 4.79 Å². The van der Waals surface area contributed by atoms with Gasteiger partial charge >= 0.3 is 0 Å². The van der Waals surface area contributed by atoms with E-state index in [2.05, 4.69) is 12.2 Å². The minimum absolute atomic E-state index is 0.0838. The molecule has 1 aromatic heterocycles. The van der Waals surface area contributed by atoms with Gasteiger partial charge in [0.1, 0.15) is 11.5 Å². The van der Waals surface area contributed by atoms with Crippen molar-refractivity contribution in [3.8, 4) is 0 Å². The Hall–Kier alpha value is -2.49. The van der Waals surface area contributed by atoms with E-state index in [1.807, 2.05) is 24.3 Å². The molecular weight excluding hydrogens is 324 g/mol. The second-order valence-electron chi connectivity index (χ2n) is 7.33. The van der Waals surface area contributed by atoms with E-state index in [1.165, 1.54) is 36.8 Å². The van der Waals surface area contributed by atoms with Crippen LogP contribution in [0.4, 0.5) is 11.4 Å². The molecule has 3 N–H and O–H groups in total. The normalized spacial score (nSPS) is 17.3. The van der Waals surface area contributed by atoms with Crippen LogP contribution in [0.3, 0.4) is 0 Å². The Morgan fingerprint density at radius 2 is 2.08 bits per heavy atom. The summed E-state index contributed by atoms with van der Waals surface area (Å²) >= 11 is 0. The molecule has 4 rings (SSSR count). The molecule has 0 bridgehead atoms. The van der Waals surface area contributed by atoms with Gasteiger partial charge in [-0.1, -0.05) is 19.8 Å². The van der Waals surface area contributed by atoms with Gasteiger partial charge in [0.25, 0.3) is 5.91 Å². The number of carbonyl (C=O) groups is 1. The molecule has 1 amide bonds. The summed E-state index contributed by atoms with van der Waals surface area (Å²) in [5.41, 5.74) is 11.6. The third-order valence-electron chi connectivity index (χ3n) is 5.44. The number of aryl methyl sites for hydroxylation is 1. The zero-order valence-electron chi connectivity index (χ0n) is 15.4. The van der Waals surface area contributed by atoms with Gasteiger partial charge in [0, 0.05) is 28.9 Å². The minimum Gasteiger partial charge on any atom is -0.461 e. The average Bonchev–Trinajstić information content (AvgIpc) is 3.13. The highest BCUT2D eigenvalue weighted by Gasteiger charge is 2.27. The van der Waals surface area contributed by atoms with E-state index < -0.39 is 0 Å². The van der Waals surface area contributed by atoms with Gasteiger partial charge in [-0.25, -0.2) is 0 Å². The molecule has 0 unspecified atom stereocenters. The van der Waals surface area contributed by atoms with Crippen molar-refractivity contribution in [2.24, 2.45) is 0 Å². The first-order chi connectivity index (χ1) is 12.7. The van der Waals surface area contributed by atoms with E-state index >= 15 is 0 Å². The summed E-state index contributed by atoms with van der Waals surface area (Å²) in [6.07, 6.45) is 11.1. The van der Waals surface area contributed by atoms with Crippen molar-refractivity contribution in [2.75, 3.05) is 11.1 Å². The first kappa shape index (κ1) is 17.0.